The summed E-state index contributed by atoms with van der Waals surface area (Å²) in [6, 6.07) is 0. The van der Waals surface area contributed by atoms with Crippen LogP contribution in [0.2, 0.25) is 0 Å². The Morgan fingerprint density at radius 2 is 1.73 bits per heavy atom. The number of hydrogen-bond acceptors (Lipinski definition) is 6. The van der Waals surface area contributed by atoms with Crippen molar-refractivity contribution < 1.29 is 23.9 Å². The Balaban J connectivity index is 2.02. The van der Waals surface area contributed by atoms with Gasteiger partial charge in [0, 0.05) is 23.9 Å². The fourth-order valence-electron chi connectivity index (χ4n) is 2.92. The van der Waals surface area contributed by atoms with Crippen molar-refractivity contribution in [3.63, 3.8) is 0 Å². The molecule has 2 amide bonds. The van der Waals surface area contributed by atoms with Crippen LogP contribution in [0.5, 0.6) is 0 Å². The van der Waals surface area contributed by atoms with Crippen molar-refractivity contribution >= 4 is 34.3 Å². The van der Waals surface area contributed by atoms with E-state index in [1.807, 2.05) is 13.8 Å². The number of hydrogen-bond donors (Lipinski definition) is 1. The van der Waals surface area contributed by atoms with Gasteiger partial charge in [0.25, 0.3) is 0 Å². The monoisotopic (exact) mass is 382 g/mol. The number of rotatable bonds is 5. The van der Waals surface area contributed by atoms with Crippen LogP contribution in [0.1, 0.15) is 47.5 Å². The average Bonchev–Trinajstić information content (AvgIpc) is 2.89. The zero-order valence-electron chi connectivity index (χ0n) is 15.7. The number of nitrogens with zero attached hydrogens (tertiary/aromatic N) is 1. The van der Waals surface area contributed by atoms with Crippen molar-refractivity contribution in [1.29, 1.82) is 0 Å². The lowest BCUT2D eigenvalue weighted by molar-refractivity contribution is -0.121. The molecule has 0 radical (unpaired) electrons. The van der Waals surface area contributed by atoms with Crippen molar-refractivity contribution in [2.45, 2.75) is 40.5 Å². The molecular formula is C18H26N2O5S. The van der Waals surface area contributed by atoms with Gasteiger partial charge in [-0.05, 0) is 46.1 Å². The number of amides is 2. The minimum Gasteiger partial charge on any atom is -0.462 e. The molecule has 0 unspecified atom stereocenters. The number of anilines is 1. The maximum Gasteiger partial charge on any atom is 0.409 e. The van der Waals surface area contributed by atoms with Gasteiger partial charge in [-0.25, -0.2) is 9.59 Å². The fraction of sp³-hybridized carbons (Fsp3) is 0.611. The fourth-order valence-corrected chi connectivity index (χ4v) is 3.97. The second-order valence-electron chi connectivity index (χ2n) is 6.16. The van der Waals surface area contributed by atoms with E-state index >= 15 is 0 Å². The molecular weight excluding hydrogens is 356 g/mol. The number of carbonyl (C=O) groups excluding carboxylic acids is 3. The van der Waals surface area contributed by atoms with Gasteiger partial charge in [0.2, 0.25) is 5.91 Å². The zero-order valence-corrected chi connectivity index (χ0v) is 16.5. The van der Waals surface area contributed by atoms with E-state index in [-0.39, 0.29) is 24.5 Å². The molecule has 8 heteroatoms. The highest BCUT2D eigenvalue weighted by atomic mass is 32.1. The summed E-state index contributed by atoms with van der Waals surface area (Å²) in [5.41, 5.74) is 1.27. The molecule has 144 valence electrons. The largest absolute Gasteiger partial charge is 0.462 e. The number of thiophene rings is 1. The van der Waals surface area contributed by atoms with Crippen LogP contribution < -0.4 is 5.32 Å². The molecule has 0 bridgehead atoms. The third kappa shape index (κ3) is 4.55. The van der Waals surface area contributed by atoms with Crippen LogP contribution in [0.15, 0.2) is 0 Å². The number of esters is 1. The minimum absolute atomic E-state index is 0.125. The standard InChI is InChI=1S/C18H26N2O5S/c1-5-24-17(22)14-11(3)12(4)26-16(14)19-15(21)13-7-9-20(10-8-13)18(23)25-6-2/h13H,5-10H2,1-4H3,(H,19,21). The lowest BCUT2D eigenvalue weighted by Gasteiger charge is -2.30. The van der Waals surface area contributed by atoms with Crippen LogP contribution in [0.25, 0.3) is 0 Å². The molecule has 0 atom stereocenters. The van der Waals surface area contributed by atoms with Crippen LogP contribution in [0.4, 0.5) is 9.80 Å². The van der Waals surface area contributed by atoms with Crippen molar-refractivity contribution in [3.8, 4) is 0 Å². The number of ether oxygens (including phenoxy) is 2. The summed E-state index contributed by atoms with van der Waals surface area (Å²) in [5, 5.41) is 3.43. The summed E-state index contributed by atoms with van der Waals surface area (Å²) in [5.74, 6) is -0.736. The van der Waals surface area contributed by atoms with Gasteiger partial charge in [-0.3, -0.25) is 4.79 Å². The maximum atomic E-state index is 12.6. The summed E-state index contributed by atoms with van der Waals surface area (Å²) in [4.78, 5) is 39.2. The van der Waals surface area contributed by atoms with Crippen LogP contribution in [0.3, 0.4) is 0 Å². The number of carbonyl (C=O) groups is 3. The Morgan fingerprint density at radius 3 is 2.31 bits per heavy atom. The summed E-state index contributed by atoms with van der Waals surface area (Å²) in [7, 11) is 0. The second kappa shape index (κ2) is 9.02. The van der Waals surface area contributed by atoms with E-state index in [1.54, 1.807) is 18.7 Å². The SMILES string of the molecule is CCOC(=O)c1c(NC(=O)C2CCN(C(=O)OCC)CC2)sc(C)c1C. The number of piperidine rings is 1. The van der Waals surface area contributed by atoms with Gasteiger partial charge < -0.3 is 19.7 Å². The highest BCUT2D eigenvalue weighted by Crippen LogP contribution is 2.34. The highest BCUT2D eigenvalue weighted by Gasteiger charge is 2.30. The molecule has 0 aromatic carbocycles. The molecule has 1 saturated heterocycles. The lowest BCUT2D eigenvalue weighted by Crippen LogP contribution is -2.41. The van der Waals surface area contributed by atoms with E-state index in [0.717, 1.165) is 10.4 Å². The van der Waals surface area contributed by atoms with E-state index in [9.17, 15) is 14.4 Å². The summed E-state index contributed by atoms with van der Waals surface area (Å²) in [6.07, 6.45) is 0.811. The molecule has 0 saturated carbocycles. The van der Waals surface area contributed by atoms with E-state index in [2.05, 4.69) is 5.32 Å². The van der Waals surface area contributed by atoms with Gasteiger partial charge in [0.15, 0.2) is 0 Å². The van der Waals surface area contributed by atoms with E-state index in [1.165, 1.54) is 11.3 Å². The van der Waals surface area contributed by atoms with Crippen molar-refractivity contribution in [3.05, 3.63) is 16.0 Å². The first-order valence-corrected chi connectivity index (χ1v) is 9.70. The molecule has 0 aliphatic carbocycles. The third-order valence-corrected chi connectivity index (χ3v) is 5.62. The first kappa shape index (κ1) is 20.2. The summed E-state index contributed by atoms with van der Waals surface area (Å²) < 4.78 is 10.1. The van der Waals surface area contributed by atoms with Gasteiger partial charge in [0.05, 0.1) is 18.8 Å². The Morgan fingerprint density at radius 1 is 1.12 bits per heavy atom. The Hall–Kier alpha value is -2.09. The quantitative estimate of drug-likeness (QED) is 0.790. The van der Waals surface area contributed by atoms with Crippen LogP contribution in [-0.2, 0) is 14.3 Å². The van der Waals surface area contributed by atoms with Gasteiger partial charge >= 0.3 is 12.1 Å². The predicted molar refractivity (Wildman–Crippen MR) is 99.7 cm³/mol. The van der Waals surface area contributed by atoms with Gasteiger partial charge in [0.1, 0.15) is 5.00 Å². The normalized spacial score (nSPS) is 14.8. The third-order valence-electron chi connectivity index (χ3n) is 4.49. The van der Waals surface area contributed by atoms with Crippen molar-refractivity contribution in [1.82, 2.24) is 4.90 Å². The number of likely N-dealkylation sites (tertiary alicyclic amines) is 1. The lowest BCUT2D eigenvalue weighted by atomic mass is 9.96. The van der Waals surface area contributed by atoms with Crippen LogP contribution in [0, 0.1) is 19.8 Å². The van der Waals surface area contributed by atoms with Gasteiger partial charge in [-0.1, -0.05) is 0 Å². The molecule has 1 fully saturated rings. The zero-order chi connectivity index (χ0) is 19.3. The average molecular weight is 382 g/mol. The molecule has 1 aliphatic heterocycles. The molecule has 1 N–H and O–H groups in total. The molecule has 7 nitrogen and oxygen atoms in total. The Bertz CT molecular complexity index is 677. The molecule has 1 aromatic heterocycles. The van der Waals surface area contributed by atoms with E-state index in [0.29, 0.717) is 43.1 Å². The maximum absolute atomic E-state index is 12.6. The molecule has 1 aliphatic rings. The molecule has 1 aromatic rings. The Kier molecular flexibility index (Phi) is 7.02. The van der Waals surface area contributed by atoms with E-state index in [4.69, 9.17) is 9.47 Å². The predicted octanol–water partition coefficient (Wildman–Crippen LogP) is 3.35. The van der Waals surface area contributed by atoms with Gasteiger partial charge in [-0.2, -0.15) is 0 Å². The first-order valence-electron chi connectivity index (χ1n) is 8.88. The van der Waals surface area contributed by atoms with Crippen LogP contribution >= 0.6 is 11.3 Å². The van der Waals surface area contributed by atoms with Crippen molar-refractivity contribution in [2.75, 3.05) is 31.6 Å². The highest BCUT2D eigenvalue weighted by molar-refractivity contribution is 7.16. The van der Waals surface area contributed by atoms with E-state index < -0.39 is 5.97 Å². The molecule has 0 spiro atoms. The summed E-state index contributed by atoms with van der Waals surface area (Å²) in [6.45, 7) is 8.89. The molecule has 2 heterocycles. The summed E-state index contributed by atoms with van der Waals surface area (Å²) >= 11 is 1.38. The second-order valence-corrected chi connectivity index (χ2v) is 7.38. The molecule has 2 rings (SSSR count). The minimum atomic E-state index is -0.415. The molecule has 26 heavy (non-hydrogen) atoms. The number of nitrogens with one attached hydrogen (secondary N) is 1. The topological polar surface area (TPSA) is 84.9 Å². The smallest absolute Gasteiger partial charge is 0.409 e. The number of aryl methyl sites for hydroxylation is 1. The van der Waals surface area contributed by atoms with Crippen molar-refractivity contribution in [2.24, 2.45) is 5.92 Å². The van der Waals surface area contributed by atoms with Gasteiger partial charge in [-0.15, -0.1) is 11.3 Å². The first-order chi connectivity index (χ1) is 12.4. The Labute approximate surface area is 157 Å². The van der Waals surface area contributed by atoms with Crippen LogP contribution in [-0.4, -0.2) is 49.2 Å².